The Morgan fingerprint density at radius 1 is 0.962 bits per heavy atom. The van der Waals surface area contributed by atoms with Gasteiger partial charge in [0.25, 0.3) is 0 Å². The van der Waals surface area contributed by atoms with Gasteiger partial charge in [0.2, 0.25) is 0 Å². The summed E-state index contributed by atoms with van der Waals surface area (Å²) in [5.74, 6) is 0.0233. The van der Waals surface area contributed by atoms with Crippen molar-refractivity contribution in [1.82, 2.24) is 4.98 Å². The molecule has 132 valence electrons. The summed E-state index contributed by atoms with van der Waals surface area (Å²) in [6.07, 6.45) is 5.91. The van der Waals surface area contributed by atoms with E-state index in [1.165, 1.54) is 0 Å². The predicted molar refractivity (Wildman–Crippen MR) is 108 cm³/mol. The van der Waals surface area contributed by atoms with Gasteiger partial charge in [0, 0.05) is 16.8 Å². The maximum absolute atomic E-state index is 13.3. The predicted octanol–water partition coefficient (Wildman–Crippen LogP) is 6.37. The van der Waals surface area contributed by atoms with Crippen LogP contribution in [-0.2, 0) is 6.42 Å². The molecule has 1 aromatic heterocycles. The number of benzene rings is 2. The lowest BCUT2D eigenvalue weighted by Gasteiger charge is -2.14. The maximum Gasteiger partial charge on any atom is 0.195 e. The zero-order valence-electron chi connectivity index (χ0n) is 14.9. The number of unbranched alkanes of at least 4 members (excludes halogenated alkanes) is 2. The van der Waals surface area contributed by atoms with Crippen LogP contribution in [0.4, 0.5) is 0 Å². The zero-order chi connectivity index (χ0) is 18.4. The van der Waals surface area contributed by atoms with E-state index in [4.69, 9.17) is 11.6 Å². The lowest BCUT2D eigenvalue weighted by atomic mass is 9.91. The number of hydrogen-bond acceptors (Lipinski definition) is 2. The van der Waals surface area contributed by atoms with Crippen molar-refractivity contribution in [2.75, 3.05) is 0 Å². The first-order chi connectivity index (χ1) is 12.7. The third kappa shape index (κ3) is 4.20. The molecule has 26 heavy (non-hydrogen) atoms. The molecule has 0 aliphatic rings. The largest absolute Gasteiger partial charge is 0.289 e. The highest BCUT2D eigenvalue weighted by molar-refractivity contribution is 6.30. The van der Waals surface area contributed by atoms with E-state index >= 15 is 0 Å². The van der Waals surface area contributed by atoms with Gasteiger partial charge in [-0.3, -0.25) is 9.78 Å². The molecule has 0 amide bonds. The summed E-state index contributed by atoms with van der Waals surface area (Å²) in [5, 5.41) is 0.682. The monoisotopic (exact) mass is 363 g/mol. The van der Waals surface area contributed by atoms with Gasteiger partial charge in [-0.05, 0) is 42.2 Å². The van der Waals surface area contributed by atoms with Gasteiger partial charge in [-0.1, -0.05) is 73.8 Å². The Balaban J connectivity index is 2.10. The molecule has 0 aliphatic carbocycles. The normalized spacial score (nSPS) is 10.7. The molecule has 0 atom stereocenters. The summed E-state index contributed by atoms with van der Waals surface area (Å²) in [5.41, 5.74) is 4.16. The van der Waals surface area contributed by atoms with Crippen LogP contribution in [0.25, 0.3) is 11.1 Å². The number of nitrogens with zero attached hydrogens (tertiary/aromatic N) is 1. The van der Waals surface area contributed by atoms with E-state index < -0.39 is 0 Å². The Bertz CT molecular complexity index is 872. The molecular weight excluding hydrogens is 342 g/mol. The van der Waals surface area contributed by atoms with Crippen LogP contribution in [0.2, 0.25) is 5.02 Å². The number of halogens is 1. The molecular formula is C23H22ClNO. The van der Waals surface area contributed by atoms with Crippen LogP contribution in [0.5, 0.6) is 0 Å². The molecule has 3 aromatic rings. The highest BCUT2D eigenvalue weighted by Crippen LogP contribution is 2.29. The maximum atomic E-state index is 13.3. The van der Waals surface area contributed by atoms with E-state index in [-0.39, 0.29) is 5.78 Å². The fraction of sp³-hybridized carbons (Fsp3) is 0.217. The molecule has 0 bridgehead atoms. The van der Waals surface area contributed by atoms with Gasteiger partial charge in [-0.2, -0.15) is 0 Å². The highest BCUT2D eigenvalue weighted by Gasteiger charge is 2.19. The second kappa shape index (κ2) is 8.77. The van der Waals surface area contributed by atoms with Crippen LogP contribution < -0.4 is 0 Å². The van der Waals surface area contributed by atoms with Gasteiger partial charge in [-0.25, -0.2) is 0 Å². The van der Waals surface area contributed by atoms with Crippen molar-refractivity contribution in [3.8, 4) is 11.1 Å². The number of ketones is 1. The van der Waals surface area contributed by atoms with Crippen LogP contribution in [0.15, 0.2) is 66.9 Å². The Morgan fingerprint density at radius 2 is 1.69 bits per heavy atom. The van der Waals surface area contributed by atoms with E-state index in [0.29, 0.717) is 16.1 Å². The molecule has 3 rings (SSSR count). The third-order valence-electron chi connectivity index (χ3n) is 4.46. The molecule has 3 heteroatoms. The van der Waals surface area contributed by atoms with Crippen molar-refractivity contribution in [2.45, 2.75) is 32.6 Å². The summed E-state index contributed by atoms with van der Waals surface area (Å²) in [4.78, 5) is 17.8. The summed E-state index contributed by atoms with van der Waals surface area (Å²) < 4.78 is 0. The molecule has 0 N–H and O–H groups in total. The SMILES string of the molecule is CCCCCc1nccc(-c2ccc(Cl)cc2)c1C(=O)c1ccccc1. The van der Waals surface area contributed by atoms with E-state index in [0.717, 1.165) is 42.5 Å². The van der Waals surface area contributed by atoms with Crippen molar-refractivity contribution in [1.29, 1.82) is 0 Å². The fourth-order valence-corrected chi connectivity index (χ4v) is 3.22. The van der Waals surface area contributed by atoms with Gasteiger partial charge in [-0.15, -0.1) is 0 Å². The van der Waals surface area contributed by atoms with Crippen molar-refractivity contribution in [3.63, 3.8) is 0 Å². The smallest absolute Gasteiger partial charge is 0.195 e. The number of carbonyl (C=O) groups excluding carboxylic acids is 1. The first kappa shape index (κ1) is 18.3. The molecule has 0 saturated heterocycles. The second-order valence-electron chi connectivity index (χ2n) is 6.34. The molecule has 0 unspecified atom stereocenters. The van der Waals surface area contributed by atoms with Crippen LogP contribution in [0, 0.1) is 0 Å². The van der Waals surface area contributed by atoms with Crippen LogP contribution in [0.1, 0.15) is 47.8 Å². The minimum Gasteiger partial charge on any atom is -0.289 e. The van der Waals surface area contributed by atoms with Crippen LogP contribution >= 0.6 is 11.6 Å². The van der Waals surface area contributed by atoms with Gasteiger partial charge < -0.3 is 0 Å². The van der Waals surface area contributed by atoms with E-state index in [2.05, 4.69) is 11.9 Å². The molecule has 1 heterocycles. The second-order valence-corrected chi connectivity index (χ2v) is 6.78. The Morgan fingerprint density at radius 3 is 2.38 bits per heavy atom. The van der Waals surface area contributed by atoms with Gasteiger partial charge in [0.15, 0.2) is 5.78 Å². The van der Waals surface area contributed by atoms with Crippen molar-refractivity contribution < 1.29 is 4.79 Å². The van der Waals surface area contributed by atoms with Crippen LogP contribution in [-0.4, -0.2) is 10.8 Å². The first-order valence-corrected chi connectivity index (χ1v) is 9.42. The Labute approximate surface area is 159 Å². The quantitative estimate of drug-likeness (QED) is 0.361. The van der Waals surface area contributed by atoms with Crippen molar-refractivity contribution in [2.24, 2.45) is 0 Å². The fourth-order valence-electron chi connectivity index (χ4n) is 3.09. The lowest BCUT2D eigenvalue weighted by Crippen LogP contribution is -2.10. The van der Waals surface area contributed by atoms with Gasteiger partial charge in [0.1, 0.15) is 0 Å². The van der Waals surface area contributed by atoms with E-state index in [1.807, 2.05) is 60.7 Å². The summed E-state index contributed by atoms with van der Waals surface area (Å²) in [6, 6.07) is 18.9. The molecule has 0 spiro atoms. The summed E-state index contributed by atoms with van der Waals surface area (Å²) in [6.45, 7) is 2.17. The first-order valence-electron chi connectivity index (χ1n) is 9.04. The molecule has 2 nitrogen and oxygen atoms in total. The minimum atomic E-state index is 0.0233. The van der Waals surface area contributed by atoms with Gasteiger partial charge in [0.05, 0.1) is 11.3 Å². The molecule has 0 saturated carbocycles. The molecule has 0 aliphatic heterocycles. The highest BCUT2D eigenvalue weighted by atomic mass is 35.5. The van der Waals surface area contributed by atoms with Crippen molar-refractivity contribution >= 4 is 17.4 Å². The number of hydrogen-bond donors (Lipinski definition) is 0. The van der Waals surface area contributed by atoms with Crippen LogP contribution in [0.3, 0.4) is 0 Å². The summed E-state index contributed by atoms with van der Waals surface area (Å²) in [7, 11) is 0. The topological polar surface area (TPSA) is 30.0 Å². The van der Waals surface area contributed by atoms with Gasteiger partial charge >= 0.3 is 0 Å². The van der Waals surface area contributed by atoms with Crippen molar-refractivity contribution in [3.05, 3.63) is 88.7 Å². The van der Waals surface area contributed by atoms with E-state index in [1.54, 1.807) is 6.20 Å². The summed E-state index contributed by atoms with van der Waals surface area (Å²) >= 11 is 6.03. The average molecular weight is 364 g/mol. The average Bonchev–Trinajstić information content (AvgIpc) is 2.69. The Hall–Kier alpha value is -2.45. The Kier molecular flexibility index (Phi) is 6.19. The number of pyridine rings is 1. The molecule has 0 fully saturated rings. The molecule has 2 aromatic carbocycles. The number of carbonyl (C=O) groups is 1. The number of aryl methyl sites for hydroxylation is 1. The molecule has 0 radical (unpaired) electrons. The number of aromatic nitrogens is 1. The standard InChI is InChI=1S/C23H22ClNO/c1-2-3-5-10-21-22(23(26)18-8-6-4-7-9-18)20(15-16-25-21)17-11-13-19(24)14-12-17/h4,6-9,11-16H,2-3,5,10H2,1H3. The minimum absolute atomic E-state index is 0.0233. The third-order valence-corrected chi connectivity index (χ3v) is 4.72. The lowest BCUT2D eigenvalue weighted by molar-refractivity contribution is 0.103. The van der Waals surface area contributed by atoms with E-state index in [9.17, 15) is 4.79 Å². The number of rotatable bonds is 7. The zero-order valence-corrected chi connectivity index (χ0v) is 15.7.